The van der Waals surface area contributed by atoms with Crippen molar-refractivity contribution in [2.24, 2.45) is 0 Å². The number of hydrogen-bond acceptors (Lipinski definition) is 2. The maximum absolute atomic E-state index is 12.3. The van der Waals surface area contributed by atoms with Gasteiger partial charge in [-0.25, -0.2) is 0 Å². The van der Waals surface area contributed by atoms with Gasteiger partial charge < -0.3 is 14.8 Å². The van der Waals surface area contributed by atoms with Crippen LogP contribution in [0.2, 0.25) is 0 Å². The second-order valence-electron chi connectivity index (χ2n) is 5.23. The van der Waals surface area contributed by atoms with Crippen molar-refractivity contribution >= 4 is 11.8 Å². The highest BCUT2D eigenvalue weighted by Crippen LogP contribution is 2.10. The second-order valence-corrected chi connectivity index (χ2v) is 5.23. The molecule has 2 rings (SSSR count). The molecule has 0 saturated carbocycles. The van der Waals surface area contributed by atoms with Gasteiger partial charge in [-0.15, -0.1) is 0 Å². The molecular weight excluding hydrogens is 254 g/mol. The number of aromatic nitrogens is 1. The third-order valence-electron chi connectivity index (χ3n) is 3.72. The third kappa shape index (κ3) is 3.62. The number of nitrogens with zero attached hydrogens (tertiary/aromatic N) is 2. The van der Waals surface area contributed by atoms with E-state index in [-0.39, 0.29) is 11.8 Å². The molecule has 0 unspecified atom stereocenters. The van der Waals surface area contributed by atoms with E-state index < -0.39 is 0 Å². The highest BCUT2D eigenvalue weighted by molar-refractivity contribution is 5.94. The number of nitrogens with one attached hydrogen (secondary N) is 1. The van der Waals surface area contributed by atoms with E-state index in [9.17, 15) is 9.59 Å². The lowest BCUT2D eigenvalue weighted by atomic mass is 10.2. The van der Waals surface area contributed by atoms with Gasteiger partial charge in [0.1, 0.15) is 0 Å². The van der Waals surface area contributed by atoms with E-state index in [1.54, 1.807) is 18.5 Å². The van der Waals surface area contributed by atoms with Crippen LogP contribution >= 0.6 is 0 Å². The SMILES string of the molecule is CCCCC(=O)N1CCCN(C(=O)c2cc[nH]c2)CC1. The Morgan fingerprint density at radius 3 is 2.65 bits per heavy atom. The molecule has 5 nitrogen and oxygen atoms in total. The summed E-state index contributed by atoms with van der Waals surface area (Å²) in [5, 5.41) is 0. The smallest absolute Gasteiger partial charge is 0.255 e. The predicted octanol–water partition coefficient (Wildman–Crippen LogP) is 1.88. The zero-order chi connectivity index (χ0) is 14.4. The minimum absolute atomic E-state index is 0.0501. The van der Waals surface area contributed by atoms with Crippen molar-refractivity contribution in [1.29, 1.82) is 0 Å². The lowest BCUT2D eigenvalue weighted by molar-refractivity contribution is -0.131. The van der Waals surface area contributed by atoms with Crippen LogP contribution in [0.4, 0.5) is 0 Å². The van der Waals surface area contributed by atoms with E-state index in [4.69, 9.17) is 0 Å². The van der Waals surface area contributed by atoms with Crippen molar-refractivity contribution in [3.8, 4) is 0 Å². The van der Waals surface area contributed by atoms with Crippen LogP contribution in [0, 0.1) is 0 Å². The van der Waals surface area contributed by atoms with Crippen LogP contribution < -0.4 is 0 Å². The van der Waals surface area contributed by atoms with Crippen LogP contribution in [0.25, 0.3) is 0 Å². The largest absolute Gasteiger partial charge is 0.367 e. The van der Waals surface area contributed by atoms with Crippen LogP contribution in [-0.4, -0.2) is 52.8 Å². The van der Waals surface area contributed by atoms with E-state index in [1.807, 2.05) is 9.80 Å². The van der Waals surface area contributed by atoms with Gasteiger partial charge in [0, 0.05) is 45.0 Å². The van der Waals surface area contributed by atoms with E-state index in [0.717, 1.165) is 32.4 Å². The van der Waals surface area contributed by atoms with E-state index in [0.29, 0.717) is 25.1 Å². The summed E-state index contributed by atoms with van der Waals surface area (Å²) in [7, 11) is 0. The molecule has 1 aliphatic rings. The summed E-state index contributed by atoms with van der Waals surface area (Å²) in [5.41, 5.74) is 0.691. The molecule has 0 radical (unpaired) electrons. The number of amides is 2. The minimum Gasteiger partial charge on any atom is -0.367 e. The molecular formula is C15H23N3O2. The average molecular weight is 277 g/mol. The molecule has 2 amide bonds. The molecule has 2 heterocycles. The number of rotatable bonds is 4. The first-order valence-electron chi connectivity index (χ1n) is 7.42. The van der Waals surface area contributed by atoms with Gasteiger partial charge in [-0.05, 0) is 18.9 Å². The molecule has 0 spiro atoms. The molecule has 0 aliphatic carbocycles. The summed E-state index contributed by atoms with van der Waals surface area (Å²) in [5.74, 6) is 0.275. The summed E-state index contributed by atoms with van der Waals surface area (Å²) in [6, 6.07) is 1.79. The van der Waals surface area contributed by atoms with Gasteiger partial charge in [-0.2, -0.15) is 0 Å². The molecule has 0 atom stereocenters. The van der Waals surface area contributed by atoms with Gasteiger partial charge in [0.25, 0.3) is 5.91 Å². The highest BCUT2D eigenvalue weighted by Gasteiger charge is 2.22. The third-order valence-corrected chi connectivity index (χ3v) is 3.72. The van der Waals surface area contributed by atoms with Crippen molar-refractivity contribution in [3.63, 3.8) is 0 Å². The van der Waals surface area contributed by atoms with E-state index in [1.165, 1.54) is 0 Å². The van der Waals surface area contributed by atoms with Crippen LogP contribution in [0.1, 0.15) is 43.0 Å². The van der Waals surface area contributed by atoms with Gasteiger partial charge in [-0.1, -0.05) is 13.3 Å². The minimum atomic E-state index is 0.0501. The predicted molar refractivity (Wildman–Crippen MR) is 77.4 cm³/mol. The van der Waals surface area contributed by atoms with E-state index >= 15 is 0 Å². The van der Waals surface area contributed by atoms with Crippen molar-refractivity contribution in [3.05, 3.63) is 24.0 Å². The molecule has 1 N–H and O–H groups in total. The quantitative estimate of drug-likeness (QED) is 0.913. The Morgan fingerprint density at radius 1 is 1.20 bits per heavy atom. The zero-order valence-corrected chi connectivity index (χ0v) is 12.1. The summed E-state index contributed by atoms with van der Waals surface area (Å²) in [6.07, 6.45) is 6.94. The molecule has 20 heavy (non-hydrogen) atoms. The molecule has 1 aromatic rings. The van der Waals surface area contributed by atoms with Crippen molar-refractivity contribution < 1.29 is 9.59 Å². The number of carbonyl (C=O) groups excluding carboxylic acids is 2. The molecule has 1 fully saturated rings. The summed E-state index contributed by atoms with van der Waals surface area (Å²) in [6.45, 7) is 4.86. The average Bonchev–Trinajstić information content (AvgIpc) is 2.88. The molecule has 0 aromatic carbocycles. The van der Waals surface area contributed by atoms with Gasteiger partial charge in [-0.3, -0.25) is 9.59 Å². The van der Waals surface area contributed by atoms with Crippen LogP contribution in [0.5, 0.6) is 0 Å². The van der Waals surface area contributed by atoms with Crippen molar-refractivity contribution in [2.75, 3.05) is 26.2 Å². The first-order chi connectivity index (χ1) is 9.72. The standard InChI is InChI=1S/C15H23N3O2/c1-2-3-5-14(19)17-8-4-9-18(11-10-17)15(20)13-6-7-16-12-13/h6-7,12,16H,2-5,8-11H2,1H3. The Balaban J connectivity index is 1.89. The second kappa shape index (κ2) is 7.12. The van der Waals surface area contributed by atoms with Crippen LogP contribution in [-0.2, 0) is 4.79 Å². The first-order valence-corrected chi connectivity index (χ1v) is 7.42. The molecule has 0 bridgehead atoms. The number of aromatic amines is 1. The summed E-state index contributed by atoms with van der Waals surface area (Å²) in [4.78, 5) is 30.9. The lowest BCUT2D eigenvalue weighted by Gasteiger charge is -2.22. The van der Waals surface area contributed by atoms with Crippen molar-refractivity contribution in [1.82, 2.24) is 14.8 Å². The Hall–Kier alpha value is -1.78. The molecule has 110 valence electrons. The first kappa shape index (κ1) is 14.6. The summed E-state index contributed by atoms with van der Waals surface area (Å²) >= 11 is 0. The fraction of sp³-hybridized carbons (Fsp3) is 0.600. The van der Waals surface area contributed by atoms with E-state index in [2.05, 4.69) is 11.9 Å². The molecule has 5 heteroatoms. The Kier molecular flexibility index (Phi) is 5.21. The van der Waals surface area contributed by atoms with Gasteiger partial charge >= 0.3 is 0 Å². The van der Waals surface area contributed by atoms with Gasteiger partial charge in [0.2, 0.25) is 5.91 Å². The van der Waals surface area contributed by atoms with Gasteiger partial charge in [0.15, 0.2) is 0 Å². The Morgan fingerprint density at radius 2 is 1.95 bits per heavy atom. The van der Waals surface area contributed by atoms with Gasteiger partial charge in [0.05, 0.1) is 5.56 Å². The fourth-order valence-electron chi connectivity index (χ4n) is 2.50. The molecule has 1 aromatic heterocycles. The van der Waals surface area contributed by atoms with Crippen LogP contribution in [0.15, 0.2) is 18.5 Å². The van der Waals surface area contributed by atoms with Crippen molar-refractivity contribution in [2.45, 2.75) is 32.6 Å². The Bertz CT molecular complexity index is 442. The molecule has 1 saturated heterocycles. The fourth-order valence-corrected chi connectivity index (χ4v) is 2.50. The van der Waals surface area contributed by atoms with Crippen LogP contribution in [0.3, 0.4) is 0 Å². The zero-order valence-electron chi connectivity index (χ0n) is 12.1. The number of H-pyrrole nitrogens is 1. The topological polar surface area (TPSA) is 56.4 Å². The Labute approximate surface area is 119 Å². The molecule has 1 aliphatic heterocycles. The lowest BCUT2D eigenvalue weighted by Crippen LogP contribution is -2.37. The summed E-state index contributed by atoms with van der Waals surface area (Å²) < 4.78 is 0. The normalized spacial score (nSPS) is 16.1. The maximum Gasteiger partial charge on any atom is 0.255 e. The monoisotopic (exact) mass is 277 g/mol. The maximum atomic E-state index is 12.3. The number of unbranched alkanes of at least 4 members (excludes halogenated alkanes) is 1. The highest BCUT2D eigenvalue weighted by atomic mass is 16.2. The number of carbonyl (C=O) groups is 2. The number of hydrogen-bond donors (Lipinski definition) is 1.